The Hall–Kier alpha value is -2.69. The van der Waals surface area contributed by atoms with E-state index in [1.54, 1.807) is 6.07 Å². The number of carbonyl (C=O) groups excluding carboxylic acids is 1. The van der Waals surface area contributed by atoms with Crippen molar-refractivity contribution in [2.45, 2.75) is 27.3 Å². The van der Waals surface area contributed by atoms with Gasteiger partial charge in [0.1, 0.15) is 29.6 Å². The molecule has 0 fully saturated rings. The quantitative estimate of drug-likeness (QED) is 0.369. The highest BCUT2D eigenvalue weighted by molar-refractivity contribution is 5.99. The monoisotopic (exact) mass is 263 g/mol. The molecule has 8 nitrogen and oxygen atoms in total. The third-order valence-corrected chi connectivity index (χ3v) is 2.60. The average Bonchev–Trinajstić information content (AvgIpc) is 2.54. The molecule has 0 aliphatic heterocycles. The minimum atomic E-state index is -0.548. The first-order chi connectivity index (χ1) is 8.79. The van der Waals surface area contributed by atoms with Gasteiger partial charge < -0.3 is 5.73 Å². The molecule has 2 N–H and O–H groups in total. The SMILES string of the molecule is CC(N)=C(C#N)C(=O)Cn1nc(C)c([N+](=O)[O-])c1C. The number of hydrogen-bond acceptors (Lipinski definition) is 6. The van der Waals surface area contributed by atoms with Crippen LogP contribution in [0.4, 0.5) is 5.69 Å². The maximum Gasteiger partial charge on any atom is 0.312 e. The van der Waals surface area contributed by atoms with Gasteiger partial charge in [-0.25, -0.2) is 0 Å². The fourth-order valence-electron chi connectivity index (χ4n) is 1.69. The van der Waals surface area contributed by atoms with Crippen molar-refractivity contribution in [2.24, 2.45) is 5.73 Å². The first-order valence-corrected chi connectivity index (χ1v) is 5.37. The van der Waals surface area contributed by atoms with Crippen LogP contribution in [0.25, 0.3) is 0 Å². The molecule has 19 heavy (non-hydrogen) atoms. The van der Waals surface area contributed by atoms with Crippen LogP contribution >= 0.6 is 0 Å². The first kappa shape index (κ1) is 14.4. The van der Waals surface area contributed by atoms with Crippen LogP contribution in [-0.4, -0.2) is 20.5 Å². The molecule has 1 heterocycles. The summed E-state index contributed by atoms with van der Waals surface area (Å²) in [5.74, 6) is -0.525. The normalized spacial score (nSPS) is 11.7. The molecule has 0 spiro atoms. The minimum Gasteiger partial charge on any atom is -0.401 e. The second kappa shape index (κ2) is 5.30. The molecule has 100 valence electrons. The van der Waals surface area contributed by atoms with Gasteiger partial charge in [0, 0.05) is 5.70 Å². The van der Waals surface area contributed by atoms with Crippen molar-refractivity contribution in [3.05, 3.63) is 32.8 Å². The van der Waals surface area contributed by atoms with Gasteiger partial charge in [0.2, 0.25) is 0 Å². The summed E-state index contributed by atoms with van der Waals surface area (Å²) >= 11 is 0. The lowest BCUT2D eigenvalue weighted by Crippen LogP contribution is -2.17. The number of rotatable bonds is 4. The van der Waals surface area contributed by atoms with Gasteiger partial charge in [0.15, 0.2) is 5.78 Å². The Morgan fingerprint density at radius 1 is 1.58 bits per heavy atom. The summed E-state index contributed by atoms with van der Waals surface area (Å²) in [5, 5.41) is 23.6. The third kappa shape index (κ3) is 2.77. The van der Waals surface area contributed by atoms with Crippen molar-refractivity contribution < 1.29 is 9.72 Å². The third-order valence-electron chi connectivity index (χ3n) is 2.60. The predicted octanol–water partition coefficient (Wildman–Crippen LogP) is 0.734. The molecule has 0 radical (unpaired) electrons. The van der Waals surface area contributed by atoms with E-state index in [-0.39, 0.29) is 34.9 Å². The lowest BCUT2D eigenvalue weighted by molar-refractivity contribution is -0.386. The number of nitriles is 1. The summed E-state index contributed by atoms with van der Waals surface area (Å²) in [6.45, 7) is 4.18. The van der Waals surface area contributed by atoms with E-state index in [2.05, 4.69) is 5.10 Å². The smallest absolute Gasteiger partial charge is 0.312 e. The lowest BCUT2D eigenvalue weighted by Gasteiger charge is -2.03. The zero-order valence-electron chi connectivity index (χ0n) is 10.8. The summed E-state index contributed by atoms with van der Waals surface area (Å²) in [4.78, 5) is 22.1. The van der Waals surface area contributed by atoms with Crippen LogP contribution in [0.5, 0.6) is 0 Å². The Labute approximate surface area is 109 Å². The van der Waals surface area contributed by atoms with Crippen LogP contribution < -0.4 is 5.73 Å². The second-order valence-corrected chi connectivity index (χ2v) is 4.03. The fraction of sp³-hybridized carbons (Fsp3) is 0.364. The van der Waals surface area contributed by atoms with Crippen molar-refractivity contribution in [1.82, 2.24) is 9.78 Å². The minimum absolute atomic E-state index is 0.114. The van der Waals surface area contributed by atoms with E-state index in [9.17, 15) is 14.9 Å². The van der Waals surface area contributed by atoms with E-state index in [0.29, 0.717) is 0 Å². The Morgan fingerprint density at radius 2 is 2.16 bits per heavy atom. The molecule has 8 heteroatoms. The molecule has 0 saturated heterocycles. The fourth-order valence-corrected chi connectivity index (χ4v) is 1.69. The largest absolute Gasteiger partial charge is 0.401 e. The van der Waals surface area contributed by atoms with Crippen molar-refractivity contribution in [3.63, 3.8) is 0 Å². The Balaban J connectivity index is 3.13. The number of Topliss-reactive ketones (excluding diaryl/α,β-unsaturated/α-hetero) is 1. The van der Waals surface area contributed by atoms with Crippen LogP contribution in [0, 0.1) is 35.3 Å². The van der Waals surface area contributed by atoms with Gasteiger partial charge in [-0.3, -0.25) is 19.6 Å². The van der Waals surface area contributed by atoms with Gasteiger partial charge in [-0.05, 0) is 20.8 Å². The van der Waals surface area contributed by atoms with Gasteiger partial charge in [-0.15, -0.1) is 0 Å². The molecule has 0 unspecified atom stereocenters. The summed E-state index contributed by atoms with van der Waals surface area (Å²) in [6, 6.07) is 1.72. The van der Waals surface area contributed by atoms with E-state index < -0.39 is 10.7 Å². The van der Waals surface area contributed by atoms with E-state index in [0.717, 1.165) is 0 Å². The number of carbonyl (C=O) groups is 1. The summed E-state index contributed by atoms with van der Waals surface area (Å²) in [7, 11) is 0. The molecule has 0 aliphatic rings. The number of allylic oxidation sites excluding steroid dienone is 2. The maximum absolute atomic E-state index is 11.8. The molecule has 1 aromatic heterocycles. The highest BCUT2D eigenvalue weighted by Crippen LogP contribution is 2.21. The Kier molecular flexibility index (Phi) is 4.01. The van der Waals surface area contributed by atoms with Crippen molar-refractivity contribution >= 4 is 11.5 Å². The predicted molar refractivity (Wildman–Crippen MR) is 65.9 cm³/mol. The Bertz CT molecular complexity index is 617. The maximum atomic E-state index is 11.8. The summed E-state index contributed by atoms with van der Waals surface area (Å²) < 4.78 is 1.20. The summed E-state index contributed by atoms with van der Waals surface area (Å²) in [6.07, 6.45) is 0. The van der Waals surface area contributed by atoms with Gasteiger partial charge in [0.05, 0.1) is 4.92 Å². The lowest BCUT2D eigenvalue weighted by atomic mass is 10.1. The zero-order valence-corrected chi connectivity index (χ0v) is 10.8. The molecule has 0 saturated carbocycles. The number of ketones is 1. The number of nitrogens with two attached hydrogens (primary N) is 1. The molecule has 0 aromatic carbocycles. The second-order valence-electron chi connectivity index (χ2n) is 4.03. The van der Waals surface area contributed by atoms with Crippen LogP contribution in [0.2, 0.25) is 0 Å². The van der Waals surface area contributed by atoms with Gasteiger partial charge in [-0.2, -0.15) is 10.4 Å². The molecule has 0 aliphatic carbocycles. The van der Waals surface area contributed by atoms with E-state index in [1.165, 1.54) is 25.5 Å². The molecule has 0 bridgehead atoms. The van der Waals surface area contributed by atoms with Crippen molar-refractivity contribution in [3.8, 4) is 6.07 Å². The van der Waals surface area contributed by atoms with Gasteiger partial charge in [-0.1, -0.05) is 0 Å². The molecule has 0 atom stereocenters. The van der Waals surface area contributed by atoms with Gasteiger partial charge >= 0.3 is 5.69 Å². The topological polar surface area (TPSA) is 128 Å². The standard InChI is InChI=1S/C11H13N5O3/c1-6(13)9(4-12)10(17)5-15-8(3)11(16(18)19)7(2)14-15/h5,13H2,1-3H3. The molecular formula is C11H13N5O3. The van der Waals surface area contributed by atoms with E-state index in [4.69, 9.17) is 11.0 Å². The number of hydrogen-bond donors (Lipinski definition) is 1. The molecular weight excluding hydrogens is 250 g/mol. The first-order valence-electron chi connectivity index (χ1n) is 5.37. The van der Waals surface area contributed by atoms with Gasteiger partial charge in [0.25, 0.3) is 0 Å². The number of aryl methyl sites for hydroxylation is 1. The Morgan fingerprint density at radius 3 is 2.53 bits per heavy atom. The van der Waals surface area contributed by atoms with Crippen molar-refractivity contribution in [2.75, 3.05) is 0 Å². The number of aromatic nitrogens is 2. The highest BCUT2D eigenvalue weighted by Gasteiger charge is 2.23. The summed E-state index contributed by atoms with van der Waals surface area (Å²) in [5.41, 5.74) is 5.74. The van der Waals surface area contributed by atoms with Crippen LogP contribution in [0.15, 0.2) is 11.3 Å². The van der Waals surface area contributed by atoms with E-state index >= 15 is 0 Å². The van der Waals surface area contributed by atoms with E-state index in [1.807, 2.05) is 0 Å². The van der Waals surface area contributed by atoms with Crippen LogP contribution in [-0.2, 0) is 11.3 Å². The highest BCUT2D eigenvalue weighted by atomic mass is 16.6. The molecule has 0 amide bonds. The molecule has 1 rings (SSSR count). The van der Waals surface area contributed by atoms with Crippen LogP contribution in [0.3, 0.4) is 0 Å². The number of nitro groups is 1. The number of nitrogens with zero attached hydrogens (tertiary/aromatic N) is 4. The van der Waals surface area contributed by atoms with Crippen molar-refractivity contribution in [1.29, 1.82) is 5.26 Å². The average molecular weight is 263 g/mol. The molecule has 1 aromatic rings. The van der Waals surface area contributed by atoms with Crippen LogP contribution in [0.1, 0.15) is 18.3 Å². The zero-order chi connectivity index (χ0) is 14.7.